The topological polar surface area (TPSA) is 73.0 Å². The molecule has 150 valence electrons. The van der Waals surface area contributed by atoms with Crippen LogP contribution in [0.3, 0.4) is 0 Å². The summed E-state index contributed by atoms with van der Waals surface area (Å²) in [4.78, 5) is 0.206. The summed E-state index contributed by atoms with van der Waals surface area (Å²) in [6.07, 6.45) is 3.40. The van der Waals surface area contributed by atoms with Crippen LogP contribution in [0.4, 0.5) is 5.69 Å². The summed E-state index contributed by atoms with van der Waals surface area (Å²) in [6, 6.07) is 9.52. The average Bonchev–Trinajstić information content (AvgIpc) is 3.25. The lowest BCUT2D eigenvalue weighted by molar-refractivity contribution is 0.587. The SMILES string of the molecule is CCn1ccc(CN(c2ccc(C(C)C)cc2)S(=O)(=O)c2cn(C)nc2C)n1. The standard InChI is InChI=1S/C20H27N5O2S/c1-6-24-12-11-18(22-24)13-25(19-9-7-17(8-10-19)15(2)3)28(26,27)20-14-23(5)21-16(20)4/h7-12,14-15H,6,13H2,1-5H3. The van der Waals surface area contributed by atoms with Gasteiger partial charge in [-0.15, -0.1) is 0 Å². The van der Waals surface area contributed by atoms with Gasteiger partial charge in [-0.2, -0.15) is 10.2 Å². The Kier molecular flexibility index (Phi) is 5.60. The van der Waals surface area contributed by atoms with Crippen molar-refractivity contribution in [3.8, 4) is 0 Å². The second-order valence-corrected chi connectivity index (χ2v) is 9.00. The summed E-state index contributed by atoms with van der Waals surface area (Å²) >= 11 is 0. The second kappa shape index (κ2) is 7.79. The largest absolute Gasteiger partial charge is 0.274 e. The van der Waals surface area contributed by atoms with Gasteiger partial charge in [-0.05, 0) is 43.5 Å². The lowest BCUT2D eigenvalue weighted by Gasteiger charge is -2.24. The third-order valence-corrected chi connectivity index (χ3v) is 6.59. The smallest absolute Gasteiger partial charge is 0.268 e. The van der Waals surface area contributed by atoms with Crippen molar-refractivity contribution in [1.29, 1.82) is 0 Å². The normalized spacial score (nSPS) is 11.9. The molecular weight excluding hydrogens is 374 g/mol. The molecule has 0 aliphatic carbocycles. The Morgan fingerprint density at radius 3 is 2.29 bits per heavy atom. The van der Waals surface area contributed by atoms with E-state index in [2.05, 4.69) is 24.0 Å². The number of anilines is 1. The molecule has 0 aliphatic rings. The van der Waals surface area contributed by atoms with Crippen molar-refractivity contribution in [1.82, 2.24) is 19.6 Å². The average molecular weight is 402 g/mol. The highest BCUT2D eigenvalue weighted by Gasteiger charge is 2.29. The van der Waals surface area contributed by atoms with Crippen molar-refractivity contribution in [2.45, 2.75) is 51.6 Å². The van der Waals surface area contributed by atoms with Crippen molar-refractivity contribution in [2.75, 3.05) is 4.31 Å². The molecule has 0 bridgehead atoms. The quantitative estimate of drug-likeness (QED) is 0.608. The first-order valence-electron chi connectivity index (χ1n) is 9.37. The van der Waals surface area contributed by atoms with E-state index in [4.69, 9.17) is 0 Å². The van der Waals surface area contributed by atoms with Gasteiger partial charge in [0.2, 0.25) is 0 Å². The van der Waals surface area contributed by atoms with Crippen LogP contribution in [0.5, 0.6) is 0 Å². The maximum absolute atomic E-state index is 13.5. The molecule has 0 saturated carbocycles. The second-order valence-electron chi connectivity index (χ2n) is 7.17. The van der Waals surface area contributed by atoms with E-state index in [9.17, 15) is 8.42 Å². The van der Waals surface area contributed by atoms with Crippen molar-refractivity contribution >= 4 is 15.7 Å². The molecule has 0 fully saturated rings. The third kappa shape index (κ3) is 3.96. The molecule has 2 heterocycles. The highest BCUT2D eigenvalue weighted by molar-refractivity contribution is 7.92. The number of aromatic nitrogens is 4. The zero-order chi connectivity index (χ0) is 20.5. The van der Waals surface area contributed by atoms with Gasteiger partial charge in [0.25, 0.3) is 10.0 Å². The molecule has 0 saturated heterocycles. The van der Waals surface area contributed by atoms with E-state index in [0.717, 1.165) is 12.1 Å². The van der Waals surface area contributed by atoms with Crippen LogP contribution in [0, 0.1) is 6.92 Å². The monoisotopic (exact) mass is 401 g/mol. The fourth-order valence-corrected chi connectivity index (χ4v) is 4.74. The molecule has 3 aromatic rings. The van der Waals surface area contributed by atoms with Gasteiger partial charge >= 0.3 is 0 Å². The van der Waals surface area contributed by atoms with Crippen molar-refractivity contribution in [3.63, 3.8) is 0 Å². The minimum atomic E-state index is -3.79. The van der Waals surface area contributed by atoms with E-state index >= 15 is 0 Å². The van der Waals surface area contributed by atoms with Crippen LogP contribution in [0.25, 0.3) is 0 Å². The highest BCUT2D eigenvalue weighted by atomic mass is 32.2. The number of nitrogens with zero attached hydrogens (tertiary/aromatic N) is 5. The fraction of sp³-hybridized carbons (Fsp3) is 0.400. The number of sulfonamides is 1. The van der Waals surface area contributed by atoms with Gasteiger partial charge in [-0.25, -0.2) is 8.42 Å². The number of hydrogen-bond donors (Lipinski definition) is 0. The minimum Gasteiger partial charge on any atom is -0.274 e. The molecule has 1 aromatic carbocycles. The minimum absolute atomic E-state index is 0.157. The summed E-state index contributed by atoms with van der Waals surface area (Å²) in [5.74, 6) is 0.375. The van der Waals surface area contributed by atoms with Crippen LogP contribution >= 0.6 is 0 Å². The van der Waals surface area contributed by atoms with Gasteiger partial charge in [-0.3, -0.25) is 13.7 Å². The first-order valence-corrected chi connectivity index (χ1v) is 10.8. The summed E-state index contributed by atoms with van der Waals surface area (Å²) in [5.41, 5.74) is 2.94. The highest BCUT2D eigenvalue weighted by Crippen LogP contribution is 2.28. The molecule has 0 aliphatic heterocycles. The van der Waals surface area contributed by atoms with E-state index in [1.165, 1.54) is 8.99 Å². The van der Waals surface area contributed by atoms with Gasteiger partial charge in [-0.1, -0.05) is 26.0 Å². The predicted octanol–water partition coefficient (Wildman–Crippen LogP) is 3.46. The molecule has 28 heavy (non-hydrogen) atoms. The molecule has 0 spiro atoms. The summed E-state index contributed by atoms with van der Waals surface area (Å²) in [6.45, 7) is 8.82. The van der Waals surface area contributed by atoms with Gasteiger partial charge < -0.3 is 0 Å². The van der Waals surface area contributed by atoms with Crippen molar-refractivity contribution < 1.29 is 8.42 Å². The zero-order valence-electron chi connectivity index (χ0n) is 17.0. The molecule has 8 heteroatoms. The third-order valence-electron chi connectivity index (χ3n) is 4.71. The Hall–Kier alpha value is -2.61. The Labute approximate surface area is 166 Å². The van der Waals surface area contributed by atoms with Crippen molar-refractivity contribution in [2.24, 2.45) is 7.05 Å². The van der Waals surface area contributed by atoms with Crippen LogP contribution in [-0.4, -0.2) is 28.0 Å². The molecule has 0 N–H and O–H groups in total. The Morgan fingerprint density at radius 1 is 1.11 bits per heavy atom. The molecule has 2 aromatic heterocycles. The Morgan fingerprint density at radius 2 is 1.79 bits per heavy atom. The maximum Gasteiger partial charge on any atom is 0.268 e. The molecule has 0 unspecified atom stereocenters. The van der Waals surface area contributed by atoms with Crippen molar-refractivity contribution in [3.05, 3.63) is 59.7 Å². The summed E-state index contributed by atoms with van der Waals surface area (Å²) < 4.78 is 31.7. The molecular formula is C20H27N5O2S. The first kappa shape index (κ1) is 20.1. The summed E-state index contributed by atoms with van der Waals surface area (Å²) in [5, 5.41) is 8.67. The number of hydrogen-bond acceptors (Lipinski definition) is 4. The van der Waals surface area contributed by atoms with Gasteiger partial charge in [0.1, 0.15) is 4.90 Å². The lowest BCUT2D eigenvalue weighted by atomic mass is 10.0. The van der Waals surface area contributed by atoms with Gasteiger partial charge in [0.15, 0.2) is 0 Å². The van der Waals surface area contributed by atoms with Gasteiger partial charge in [0.05, 0.1) is 23.6 Å². The number of aryl methyl sites for hydroxylation is 3. The molecule has 3 rings (SSSR count). The summed E-state index contributed by atoms with van der Waals surface area (Å²) in [7, 11) is -2.07. The lowest BCUT2D eigenvalue weighted by Crippen LogP contribution is -2.31. The van der Waals surface area contributed by atoms with E-state index in [1.54, 1.807) is 24.9 Å². The van der Waals surface area contributed by atoms with Crippen LogP contribution in [0.15, 0.2) is 47.6 Å². The maximum atomic E-state index is 13.5. The Balaban J connectivity index is 2.06. The number of rotatable bonds is 7. The van der Waals surface area contributed by atoms with E-state index in [1.807, 2.05) is 43.5 Å². The van der Waals surface area contributed by atoms with Crippen LogP contribution in [0.1, 0.15) is 43.6 Å². The predicted molar refractivity (Wildman–Crippen MR) is 110 cm³/mol. The molecule has 0 amide bonds. The first-order chi connectivity index (χ1) is 13.2. The van der Waals surface area contributed by atoms with E-state index < -0.39 is 10.0 Å². The van der Waals surface area contributed by atoms with E-state index in [-0.39, 0.29) is 11.4 Å². The molecule has 7 nitrogen and oxygen atoms in total. The van der Waals surface area contributed by atoms with Crippen LogP contribution in [0.2, 0.25) is 0 Å². The van der Waals surface area contributed by atoms with Crippen LogP contribution < -0.4 is 4.31 Å². The van der Waals surface area contributed by atoms with E-state index in [0.29, 0.717) is 23.0 Å². The zero-order valence-corrected chi connectivity index (χ0v) is 17.8. The number of benzene rings is 1. The molecule has 0 atom stereocenters. The van der Waals surface area contributed by atoms with Crippen LogP contribution in [-0.2, 0) is 30.2 Å². The fourth-order valence-electron chi connectivity index (χ4n) is 3.10. The van der Waals surface area contributed by atoms with Gasteiger partial charge in [0, 0.05) is 26.0 Å². The Bertz CT molecular complexity index is 1050. The molecule has 0 radical (unpaired) electrons.